The van der Waals surface area contributed by atoms with Gasteiger partial charge in [-0.15, -0.1) is 0 Å². The molecular formula is C13H27N. The van der Waals surface area contributed by atoms with E-state index in [1.165, 1.54) is 38.5 Å². The van der Waals surface area contributed by atoms with Gasteiger partial charge in [-0.05, 0) is 37.0 Å². The fourth-order valence-corrected chi connectivity index (χ4v) is 2.42. The van der Waals surface area contributed by atoms with Gasteiger partial charge in [-0.25, -0.2) is 0 Å². The van der Waals surface area contributed by atoms with Crippen LogP contribution in [-0.4, -0.2) is 5.54 Å². The molecule has 0 aromatic heterocycles. The summed E-state index contributed by atoms with van der Waals surface area (Å²) in [6.45, 7) is 9.26. The number of rotatable bonds is 2. The van der Waals surface area contributed by atoms with E-state index in [-0.39, 0.29) is 5.54 Å². The molecule has 1 fully saturated rings. The predicted octanol–water partition coefficient (Wildman–Crippen LogP) is 3.72. The van der Waals surface area contributed by atoms with Crippen LogP contribution in [0.1, 0.15) is 66.2 Å². The fourth-order valence-electron chi connectivity index (χ4n) is 2.42. The molecular weight excluding hydrogens is 170 g/mol. The van der Waals surface area contributed by atoms with Crippen molar-refractivity contribution in [2.45, 2.75) is 71.8 Å². The van der Waals surface area contributed by atoms with Crippen LogP contribution in [0.4, 0.5) is 0 Å². The average Bonchev–Trinajstić information content (AvgIpc) is 2.06. The minimum absolute atomic E-state index is 0.144. The first-order valence-corrected chi connectivity index (χ1v) is 6.12. The second kappa shape index (κ2) is 4.22. The molecule has 1 heteroatoms. The summed E-state index contributed by atoms with van der Waals surface area (Å²) in [6, 6.07) is 0. The number of hydrogen-bond donors (Lipinski definition) is 1. The van der Waals surface area contributed by atoms with Crippen molar-refractivity contribution in [3.63, 3.8) is 0 Å². The van der Waals surface area contributed by atoms with Crippen LogP contribution in [0.15, 0.2) is 0 Å². The Morgan fingerprint density at radius 1 is 1.29 bits per heavy atom. The van der Waals surface area contributed by atoms with E-state index in [0.29, 0.717) is 5.41 Å². The van der Waals surface area contributed by atoms with Crippen molar-refractivity contribution in [3.05, 3.63) is 0 Å². The molecule has 0 spiro atoms. The third-order valence-corrected chi connectivity index (χ3v) is 3.85. The zero-order valence-electron chi connectivity index (χ0n) is 10.4. The van der Waals surface area contributed by atoms with E-state index in [0.717, 1.165) is 5.92 Å². The second-order valence-corrected chi connectivity index (χ2v) is 6.44. The lowest BCUT2D eigenvalue weighted by atomic mass is 9.70. The largest absolute Gasteiger partial charge is 0.325 e. The summed E-state index contributed by atoms with van der Waals surface area (Å²) in [5.41, 5.74) is 7.09. The smallest absolute Gasteiger partial charge is 0.0180 e. The molecule has 1 aliphatic rings. The van der Waals surface area contributed by atoms with Crippen LogP contribution in [-0.2, 0) is 0 Å². The minimum Gasteiger partial charge on any atom is -0.325 e. The summed E-state index contributed by atoms with van der Waals surface area (Å²) >= 11 is 0. The quantitative estimate of drug-likeness (QED) is 0.717. The van der Waals surface area contributed by atoms with E-state index in [2.05, 4.69) is 27.7 Å². The van der Waals surface area contributed by atoms with E-state index in [1.807, 2.05) is 0 Å². The van der Waals surface area contributed by atoms with Crippen LogP contribution >= 0.6 is 0 Å². The van der Waals surface area contributed by atoms with Crippen molar-refractivity contribution >= 4 is 0 Å². The molecule has 1 rings (SSSR count). The highest BCUT2D eigenvalue weighted by molar-refractivity contribution is 4.92. The van der Waals surface area contributed by atoms with Gasteiger partial charge in [0.05, 0.1) is 0 Å². The first-order chi connectivity index (χ1) is 6.33. The van der Waals surface area contributed by atoms with Gasteiger partial charge in [0.2, 0.25) is 0 Å². The summed E-state index contributed by atoms with van der Waals surface area (Å²) in [5.74, 6) is 0.721. The SMILES string of the molecule is CC1CCCCC1(N)CCC(C)(C)C. The maximum Gasteiger partial charge on any atom is 0.0180 e. The molecule has 0 aromatic carbocycles. The summed E-state index contributed by atoms with van der Waals surface area (Å²) in [6.07, 6.45) is 7.76. The van der Waals surface area contributed by atoms with Gasteiger partial charge in [0.1, 0.15) is 0 Å². The standard InChI is InChI=1S/C13H27N/c1-11-7-5-6-8-13(11,14)10-9-12(2,3)4/h11H,5-10,14H2,1-4H3. The van der Waals surface area contributed by atoms with E-state index >= 15 is 0 Å². The molecule has 0 saturated heterocycles. The van der Waals surface area contributed by atoms with Gasteiger partial charge in [0.15, 0.2) is 0 Å². The normalized spacial score (nSPS) is 34.5. The Balaban J connectivity index is 2.47. The van der Waals surface area contributed by atoms with Crippen LogP contribution in [0.3, 0.4) is 0 Å². The number of hydrogen-bond acceptors (Lipinski definition) is 1. The van der Waals surface area contributed by atoms with Gasteiger partial charge in [0.25, 0.3) is 0 Å². The molecule has 1 aliphatic carbocycles. The van der Waals surface area contributed by atoms with Crippen LogP contribution < -0.4 is 5.73 Å². The summed E-state index contributed by atoms with van der Waals surface area (Å²) in [7, 11) is 0. The number of nitrogens with two attached hydrogens (primary N) is 1. The van der Waals surface area contributed by atoms with Gasteiger partial charge < -0.3 is 5.73 Å². The highest BCUT2D eigenvalue weighted by atomic mass is 14.8. The first-order valence-electron chi connectivity index (χ1n) is 6.12. The predicted molar refractivity (Wildman–Crippen MR) is 63.2 cm³/mol. The minimum atomic E-state index is 0.144. The van der Waals surface area contributed by atoms with Crippen LogP contribution in [0.5, 0.6) is 0 Å². The van der Waals surface area contributed by atoms with Crippen LogP contribution in [0.2, 0.25) is 0 Å². The first kappa shape index (κ1) is 12.0. The Kier molecular flexibility index (Phi) is 3.63. The second-order valence-electron chi connectivity index (χ2n) is 6.44. The van der Waals surface area contributed by atoms with E-state index in [9.17, 15) is 0 Å². The topological polar surface area (TPSA) is 26.0 Å². The van der Waals surface area contributed by atoms with Crippen molar-refractivity contribution in [3.8, 4) is 0 Å². The highest BCUT2D eigenvalue weighted by Gasteiger charge is 2.34. The average molecular weight is 197 g/mol. The molecule has 0 radical (unpaired) electrons. The van der Waals surface area contributed by atoms with Crippen LogP contribution in [0, 0.1) is 11.3 Å². The molecule has 2 atom stereocenters. The third-order valence-electron chi connectivity index (χ3n) is 3.85. The molecule has 0 aromatic rings. The Hall–Kier alpha value is -0.0400. The van der Waals surface area contributed by atoms with Crippen molar-refractivity contribution in [1.82, 2.24) is 0 Å². The van der Waals surface area contributed by atoms with Gasteiger partial charge in [0, 0.05) is 5.54 Å². The summed E-state index contributed by atoms with van der Waals surface area (Å²) in [4.78, 5) is 0. The molecule has 1 nitrogen and oxygen atoms in total. The summed E-state index contributed by atoms with van der Waals surface area (Å²) < 4.78 is 0. The maximum absolute atomic E-state index is 6.51. The lowest BCUT2D eigenvalue weighted by Crippen LogP contribution is -2.48. The van der Waals surface area contributed by atoms with E-state index < -0.39 is 0 Å². The Morgan fingerprint density at radius 3 is 2.43 bits per heavy atom. The van der Waals surface area contributed by atoms with Gasteiger partial charge in [-0.3, -0.25) is 0 Å². The third kappa shape index (κ3) is 3.27. The van der Waals surface area contributed by atoms with Gasteiger partial charge in [-0.1, -0.05) is 40.5 Å². The van der Waals surface area contributed by atoms with Crippen LogP contribution in [0.25, 0.3) is 0 Å². The highest BCUT2D eigenvalue weighted by Crippen LogP contribution is 2.37. The lowest BCUT2D eigenvalue weighted by Gasteiger charge is -2.41. The molecule has 0 aliphatic heterocycles. The lowest BCUT2D eigenvalue weighted by molar-refractivity contribution is 0.168. The zero-order chi connectivity index (χ0) is 10.8. The monoisotopic (exact) mass is 197 g/mol. The molecule has 84 valence electrons. The Bertz CT molecular complexity index is 180. The Labute approximate surface area is 89.5 Å². The van der Waals surface area contributed by atoms with Gasteiger partial charge in [-0.2, -0.15) is 0 Å². The molecule has 2 N–H and O–H groups in total. The van der Waals surface area contributed by atoms with Crippen molar-refractivity contribution < 1.29 is 0 Å². The molecule has 1 saturated carbocycles. The van der Waals surface area contributed by atoms with Gasteiger partial charge >= 0.3 is 0 Å². The van der Waals surface area contributed by atoms with E-state index in [4.69, 9.17) is 5.73 Å². The van der Waals surface area contributed by atoms with Crippen molar-refractivity contribution in [2.75, 3.05) is 0 Å². The molecule has 2 unspecified atom stereocenters. The Morgan fingerprint density at radius 2 is 1.93 bits per heavy atom. The zero-order valence-corrected chi connectivity index (χ0v) is 10.4. The molecule has 0 heterocycles. The maximum atomic E-state index is 6.51. The fraction of sp³-hybridized carbons (Fsp3) is 1.00. The molecule has 0 bridgehead atoms. The molecule has 14 heavy (non-hydrogen) atoms. The van der Waals surface area contributed by atoms with Crippen molar-refractivity contribution in [2.24, 2.45) is 17.1 Å². The van der Waals surface area contributed by atoms with E-state index in [1.54, 1.807) is 0 Å². The summed E-state index contributed by atoms with van der Waals surface area (Å²) in [5, 5.41) is 0. The molecule has 0 amide bonds. The van der Waals surface area contributed by atoms with Crippen molar-refractivity contribution in [1.29, 1.82) is 0 Å².